The Morgan fingerprint density at radius 2 is 1.84 bits per heavy atom. The average Bonchev–Trinajstić information content (AvgIpc) is 2.81. The number of hydrogen-bond acceptors (Lipinski definition) is 3. The van der Waals surface area contributed by atoms with Gasteiger partial charge < -0.3 is 15.6 Å². The molecule has 0 fully saturated rings. The summed E-state index contributed by atoms with van der Waals surface area (Å²) < 4.78 is 0. The van der Waals surface area contributed by atoms with Crippen molar-refractivity contribution in [2.24, 2.45) is 0 Å². The van der Waals surface area contributed by atoms with Gasteiger partial charge >= 0.3 is 0 Å². The second kappa shape index (κ2) is 4.31. The van der Waals surface area contributed by atoms with Gasteiger partial charge in [0, 0.05) is 18.4 Å². The van der Waals surface area contributed by atoms with Gasteiger partial charge in [0.05, 0.1) is 11.0 Å². The molecule has 0 aliphatic heterocycles. The smallest absolute Gasteiger partial charge is 0.208 e. The number of aryl methyl sites for hydroxylation is 1. The van der Waals surface area contributed by atoms with Crippen LogP contribution in [0.15, 0.2) is 42.5 Å². The molecule has 19 heavy (non-hydrogen) atoms. The van der Waals surface area contributed by atoms with Crippen molar-refractivity contribution in [2.45, 2.75) is 6.92 Å². The predicted octanol–water partition coefficient (Wildman–Crippen LogP) is 3.22. The van der Waals surface area contributed by atoms with Gasteiger partial charge in [-0.2, -0.15) is 0 Å². The van der Waals surface area contributed by atoms with Crippen LogP contribution in [0.4, 0.5) is 17.3 Å². The first kappa shape index (κ1) is 11.6. The molecule has 0 radical (unpaired) electrons. The molecule has 0 spiro atoms. The maximum atomic E-state index is 5.78. The molecule has 0 bridgehead atoms. The number of nitrogens with zero attached hydrogens (tertiary/aromatic N) is 2. The van der Waals surface area contributed by atoms with Crippen LogP contribution < -0.4 is 10.6 Å². The molecule has 1 heterocycles. The van der Waals surface area contributed by atoms with E-state index in [1.807, 2.05) is 30.1 Å². The number of nitrogens with two attached hydrogens (primary N) is 1. The number of rotatable bonds is 2. The highest BCUT2D eigenvalue weighted by Crippen LogP contribution is 2.24. The summed E-state index contributed by atoms with van der Waals surface area (Å²) in [4.78, 5) is 9.87. The average molecular weight is 252 g/mol. The number of fused-ring (bicyclic) bond motifs is 1. The number of benzene rings is 2. The van der Waals surface area contributed by atoms with Gasteiger partial charge in [0.15, 0.2) is 0 Å². The Kier molecular flexibility index (Phi) is 2.63. The van der Waals surface area contributed by atoms with Crippen LogP contribution in [0.25, 0.3) is 11.0 Å². The summed E-state index contributed by atoms with van der Waals surface area (Å²) in [6.45, 7) is 2.08. The summed E-state index contributed by atoms with van der Waals surface area (Å²) in [7, 11) is 1.99. The fraction of sp³-hybridized carbons (Fsp3) is 0.133. The first-order chi connectivity index (χ1) is 9.13. The second-order valence-corrected chi connectivity index (χ2v) is 4.73. The molecule has 1 aromatic heterocycles. The lowest BCUT2D eigenvalue weighted by atomic mass is 10.2. The van der Waals surface area contributed by atoms with Crippen molar-refractivity contribution in [3.05, 3.63) is 48.0 Å². The third-order valence-corrected chi connectivity index (χ3v) is 3.23. The van der Waals surface area contributed by atoms with Crippen molar-refractivity contribution in [3.63, 3.8) is 0 Å². The number of nitrogen functional groups attached to an aromatic ring is 1. The molecule has 3 N–H and O–H groups in total. The number of imidazole rings is 1. The first-order valence-electron chi connectivity index (χ1n) is 6.19. The molecule has 3 rings (SSSR count). The molecule has 0 atom stereocenters. The summed E-state index contributed by atoms with van der Waals surface area (Å²) in [6.07, 6.45) is 0. The lowest BCUT2D eigenvalue weighted by Gasteiger charge is -2.15. The monoisotopic (exact) mass is 252 g/mol. The maximum Gasteiger partial charge on any atom is 0.208 e. The van der Waals surface area contributed by atoms with Crippen LogP contribution in [0.2, 0.25) is 0 Å². The Balaban J connectivity index is 2.01. The van der Waals surface area contributed by atoms with E-state index in [0.29, 0.717) is 0 Å². The maximum absolute atomic E-state index is 5.78. The van der Waals surface area contributed by atoms with Crippen molar-refractivity contribution in [1.82, 2.24) is 9.97 Å². The largest absolute Gasteiger partial charge is 0.399 e. The summed E-state index contributed by atoms with van der Waals surface area (Å²) in [6, 6.07) is 14.0. The van der Waals surface area contributed by atoms with E-state index in [0.717, 1.165) is 28.4 Å². The Morgan fingerprint density at radius 1 is 1.11 bits per heavy atom. The van der Waals surface area contributed by atoms with E-state index in [1.54, 1.807) is 0 Å². The summed E-state index contributed by atoms with van der Waals surface area (Å²) in [5.41, 5.74) is 10.7. The molecule has 3 aromatic rings. The van der Waals surface area contributed by atoms with Crippen LogP contribution in [0.3, 0.4) is 0 Å². The van der Waals surface area contributed by atoms with E-state index in [9.17, 15) is 0 Å². The van der Waals surface area contributed by atoms with E-state index in [4.69, 9.17) is 5.73 Å². The van der Waals surface area contributed by atoms with Crippen LogP contribution in [-0.2, 0) is 0 Å². The fourth-order valence-corrected chi connectivity index (χ4v) is 2.06. The van der Waals surface area contributed by atoms with Crippen LogP contribution >= 0.6 is 0 Å². The Morgan fingerprint density at radius 3 is 2.58 bits per heavy atom. The Hall–Kier alpha value is -2.49. The number of aromatic nitrogens is 2. The molecule has 0 saturated carbocycles. The predicted molar refractivity (Wildman–Crippen MR) is 79.7 cm³/mol. The summed E-state index contributed by atoms with van der Waals surface area (Å²) in [5, 5.41) is 0. The summed E-state index contributed by atoms with van der Waals surface area (Å²) >= 11 is 0. The number of nitrogens with one attached hydrogen (secondary N) is 1. The quantitative estimate of drug-likeness (QED) is 0.688. The Bertz CT molecular complexity index is 713. The van der Waals surface area contributed by atoms with E-state index in [-0.39, 0.29) is 0 Å². The van der Waals surface area contributed by atoms with Gasteiger partial charge in [0.1, 0.15) is 0 Å². The molecule has 0 aliphatic carbocycles. The van der Waals surface area contributed by atoms with E-state index in [2.05, 4.69) is 41.2 Å². The van der Waals surface area contributed by atoms with Crippen molar-refractivity contribution in [3.8, 4) is 0 Å². The van der Waals surface area contributed by atoms with Crippen molar-refractivity contribution in [1.29, 1.82) is 0 Å². The topological polar surface area (TPSA) is 57.9 Å². The standard InChI is InChI=1S/C15H16N4/c1-10-3-6-12(7-4-10)19(2)15-17-13-8-5-11(16)9-14(13)18-15/h3-9H,16H2,1-2H3,(H,17,18). The van der Waals surface area contributed by atoms with Gasteiger partial charge in [0.25, 0.3) is 0 Å². The van der Waals surface area contributed by atoms with E-state index in [1.165, 1.54) is 5.56 Å². The molecule has 0 aliphatic rings. The lowest BCUT2D eigenvalue weighted by Crippen LogP contribution is -2.10. The van der Waals surface area contributed by atoms with Gasteiger partial charge in [-0.05, 0) is 37.3 Å². The van der Waals surface area contributed by atoms with E-state index >= 15 is 0 Å². The van der Waals surface area contributed by atoms with Gasteiger partial charge in [0.2, 0.25) is 5.95 Å². The third-order valence-electron chi connectivity index (χ3n) is 3.23. The van der Waals surface area contributed by atoms with Crippen molar-refractivity contribution < 1.29 is 0 Å². The van der Waals surface area contributed by atoms with Crippen molar-refractivity contribution >= 4 is 28.4 Å². The molecule has 0 unspecified atom stereocenters. The zero-order chi connectivity index (χ0) is 13.4. The molecular formula is C15H16N4. The molecule has 2 aromatic carbocycles. The lowest BCUT2D eigenvalue weighted by molar-refractivity contribution is 1.10. The van der Waals surface area contributed by atoms with Crippen LogP contribution in [0.5, 0.6) is 0 Å². The number of anilines is 3. The second-order valence-electron chi connectivity index (χ2n) is 4.73. The number of H-pyrrole nitrogens is 1. The van der Waals surface area contributed by atoms with Crippen LogP contribution in [0.1, 0.15) is 5.56 Å². The Labute approximate surface area is 111 Å². The zero-order valence-corrected chi connectivity index (χ0v) is 11.0. The fourth-order valence-electron chi connectivity index (χ4n) is 2.06. The molecule has 4 heteroatoms. The molecule has 96 valence electrons. The molecule has 0 amide bonds. The number of hydrogen-bond donors (Lipinski definition) is 2. The van der Waals surface area contributed by atoms with Gasteiger partial charge in [-0.3, -0.25) is 0 Å². The van der Waals surface area contributed by atoms with Gasteiger partial charge in [-0.15, -0.1) is 0 Å². The zero-order valence-electron chi connectivity index (χ0n) is 11.0. The van der Waals surface area contributed by atoms with Crippen LogP contribution in [0, 0.1) is 6.92 Å². The van der Waals surface area contributed by atoms with Crippen molar-refractivity contribution in [2.75, 3.05) is 17.7 Å². The minimum Gasteiger partial charge on any atom is -0.399 e. The molecule has 4 nitrogen and oxygen atoms in total. The highest BCUT2D eigenvalue weighted by Gasteiger charge is 2.09. The highest BCUT2D eigenvalue weighted by molar-refractivity contribution is 5.81. The number of aromatic amines is 1. The van der Waals surface area contributed by atoms with Crippen LogP contribution in [-0.4, -0.2) is 17.0 Å². The SMILES string of the molecule is Cc1ccc(N(C)c2nc3ccc(N)cc3[nH]2)cc1. The van der Waals surface area contributed by atoms with Gasteiger partial charge in [-0.25, -0.2) is 4.98 Å². The third kappa shape index (κ3) is 2.12. The normalized spacial score (nSPS) is 10.8. The first-order valence-corrected chi connectivity index (χ1v) is 6.19. The van der Waals surface area contributed by atoms with E-state index < -0.39 is 0 Å². The highest BCUT2D eigenvalue weighted by atomic mass is 15.2. The minimum absolute atomic E-state index is 0.737. The molecular weight excluding hydrogens is 236 g/mol. The molecule has 0 saturated heterocycles. The minimum atomic E-state index is 0.737. The van der Waals surface area contributed by atoms with Gasteiger partial charge in [-0.1, -0.05) is 17.7 Å². The summed E-state index contributed by atoms with van der Waals surface area (Å²) in [5.74, 6) is 0.810.